The number of rotatable bonds is 1. The lowest BCUT2D eigenvalue weighted by molar-refractivity contribution is 1.47. The minimum absolute atomic E-state index is 1.06. The van der Waals surface area contributed by atoms with Crippen molar-refractivity contribution >= 4 is 23.4 Å². The highest BCUT2D eigenvalue weighted by molar-refractivity contribution is 5.87. The molecule has 0 unspecified atom stereocenters. The number of hydrogen-bond acceptors (Lipinski definition) is 0. The summed E-state index contributed by atoms with van der Waals surface area (Å²) in [5, 5.41) is 4.78. The molecule has 0 N–H and O–H groups in total. The van der Waals surface area contributed by atoms with Gasteiger partial charge in [0.25, 0.3) is 0 Å². The highest BCUT2D eigenvalue weighted by Crippen LogP contribution is 2.12. The molecule has 0 aliphatic rings. The maximum Gasteiger partial charge on any atom is -0.0103 e. The van der Waals surface area contributed by atoms with Gasteiger partial charge in [0.15, 0.2) is 0 Å². The van der Waals surface area contributed by atoms with Crippen LogP contribution in [0.25, 0.3) is 23.4 Å². The Morgan fingerprint density at radius 3 is 2.47 bits per heavy atom. The average Bonchev–Trinajstić information content (AvgIpc) is 2.24. The third-order valence-electron chi connectivity index (χ3n) is 2.66. The van der Waals surface area contributed by atoms with Crippen molar-refractivity contribution in [3.63, 3.8) is 0 Å². The summed E-state index contributed by atoms with van der Waals surface area (Å²) in [6.45, 7) is 9.93. The molecule has 15 heavy (non-hydrogen) atoms. The first-order chi connectivity index (χ1) is 7.24. The van der Waals surface area contributed by atoms with Crippen LogP contribution in [0, 0.1) is 6.92 Å². The molecular formula is C15H14. The smallest absolute Gasteiger partial charge is 0.0103 e. The minimum Gasteiger partial charge on any atom is -0.0990 e. The molecule has 0 bridgehead atoms. The Kier molecular flexibility index (Phi) is 2.42. The predicted octanol–water partition coefficient (Wildman–Crippen LogP) is 2.53. The molecule has 2 aromatic carbocycles. The molecule has 0 saturated heterocycles. The molecule has 0 heterocycles. The molecular weight excluding hydrogens is 180 g/mol. The molecule has 0 aromatic heterocycles. The van der Waals surface area contributed by atoms with Gasteiger partial charge in [-0.3, -0.25) is 0 Å². The molecule has 0 atom stereocenters. The van der Waals surface area contributed by atoms with E-state index in [1.807, 2.05) is 12.2 Å². The van der Waals surface area contributed by atoms with Gasteiger partial charge in [0, 0.05) is 0 Å². The Morgan fingerprint density at radius 2 is 1.80 bits per heavy atom. The molecule has 0 amide bonds. The third-order valence-corrected chi connectivity index (χ3v) is 2.66. The van der Waals surface area contributed by atoms with Gasteiger partial charge in [-0.05, 0) is 33.7 Å². The largest absolute Gasteiger partial charge is 0.0990 e. The van der Waals surface area contributed by atoms with E-state index >= 15 is 0 Å². The Balaban J connectivity index is 3.10. The normalized spacial score (nSPS) is 11.9. The van der Waals surface area contributed by atoms with Crippen LogP contribution in [0.5, 0.6) is 0 Å². The van der Waals surface area contributed by atoms with Gasteiger partial charge in [0.05, 0.1) is 0 Å². The summed E-state index contributed by atoms with van der Waals surface area (Å²) in [5.41, 5.74) is 1.27. The van der Waals surface area contributed by atoms with Crippen LogP contribution in [-0.2, 0) is 0 Å². The molecule has 0 aliphatic heterocycles. The van der Waals surface area contributed by atoms with Crippen LogP contribution in [0.3, 0.4) is 0 Å². The van der Waals surface area contributed by atoms with E-state index < -0.39 is 0 Å². The first-order valence-electron chi connectivity index (χ1n) is 5.04. The van der Waals surface area contributed by atoms with Crippen molar-refractivity contribution in [1.82, 2.24) is 0 Å². The van der Waals surface area contributed by atoms with Crippen molar-refractivity contribution in [2.24, 2.45) is 0 Å². The van der Waals surface area contributed by atoms with Crippen molar-refractivity contribution in [1.29, 1.82) is 0 Å². The van der Waals surface area contributed by atoms with Gasteiger partial charge in [0.2, 0.25) is 0 Å². The standard InChI is InChI=1S/C15H14/c1-4-7-13-11(2)10-12(3)14-8-5-6-9-15(13)14/h4-10H,1-2H2,3H3/b13-7+. The summed E-state index contributed by atoms with van der Waals surface area (Å²) < 4.78 is 0. The maximum atomic E-state index is 4.07. The lowest BCUT2D eigenvalue weighted by Crippen LogP contribution is -2.24. The highest BCUT2D eigenvalue weighted by atomic mass is 14.0. The van der Waals surface area contributed by atoms with Gasteiger partial charge < -0.3 is 0 Å². The highest BCUT2D eigenvalue weighted by Gasteiger charge is 1.97. The van der Waals surface area contributed by atoms with E-state index in [4.69, 9.17) is 0 Å². The van der Waals surface area contributed by atoms with Crippen LogP contribution in [-0.4, -0.2) is 0 Å². The quantitative estimate of drug-likeness (QED) is 0.654. The molecule has 2 aromatic rings. The second kappa shape index (κ2) is 3.74. The lowest BCUT2D eigenvalue weighted by Gasteiger charge is -2.03. The van der Waals surface area contributed by atoms with E-state index in [1.165, 1.54) is 21.6 Å². The molecule has 0 fully saturated rings. The number of allylic oxidation sites excluding steroid dienone is 1. The zero-order valence-corrected chi connectivity index (χ0v) is 8.96. The Labute approximate surface area is 89.9 Å². The van der Waals surface area contributed by atoms with Gasteiger partial charge in [-0.15, -0.1) is 0 Å². The van der Waals surface area contributed by atoms with E-state index in [2.05, 4.69) is 50.4 Å². The summed E-state index contributed by atoms with van der Waals surface area (Å²) in [6.07, 6.45) is 3.83. The zero-order valence-electron chi connectivity index (χ0n) is 8.96. The number of fused-ring (bicyclic) bond motifs is 1. The lowest BCUT2D eigenvalue weighted by atomic mass is 10.0. The van der Waals surface area contributed by atoms with Gasteiger partial charge >= 0.3 is 0 Å². The van der Waals surface area contributed by atoms with E-state index in [9.17, 15) is 0 Å². The van der Waals surface area contributed by atoms with Crippen molar-refractivity contribution < 1.29 is 0 Å². The number of benzene rings is 2. The second-order valence-corrected chi connectivity index (χ2v) is 3.71. The molecule has 0 aliphatic carbocycles. The maximum absolute atomic E-state index is 4.07. The topological polar surface area (TPSA) is 0 Å². The average molecular weight is 194 g/mol. The van der Waals surface area contributed by atoms with Gasteiger partial charge in [-0.2, -0.15) is 0 Å². The predicted molar refractivity (Wildman–Crippen MR) is 68.1 cm³/mol. The van der Waals surface area contributed by atoms with E-state index in [1.54, 1.807) is 0 Å². The fourth-order valence-electron chi connectivity index (χ4n) is 1.97. The molecule has 2 rings (SSSR count). The van der Waals surface area contributed by atoms with Gasteiger partial charge in [0.1, 0.15) is 0 Å². The zero-order chi connectivity index (χ0) is 10.8. The van der Waals surface area contributed by atoms with E-state index in [-0.39, 0.29) is 0 Å². The number of hydrogen-bond donors (Lipinski definition) is 0. The molecule has 0 spiro atoms. The van der Waals surface area contributed by atoms with Crippen molar-refractivity contribution in [3.8, 4) is 0 Å². The Hall–Kier alpha value is -1.82. The number of aryl methyl sites for hydroxylation is 1. The third kappa shape index (κ3) is 1.59. The van der Waals surface area contributed by atoms with Crippen LogP contribution in [0.4, 0.5) is 0 Å². The molecule has 0 nitrogen and oxygen atoms in total. The first-order valence-corrected chi connectivity index (χ1v) is 5.04. The summed E-state index contributed by atoms with van der Waals surface area (Å²) in [4.78, 5) is 0. The summed E-state index contributed by atoms with van der Waals surface area (Å²) >= 11 is 0. The fraction of sp³-hybridized carbons (Fsp3) is 0.0667. The molecule has 0 heteroatoms. The van der Waals surface area contributed by atoms with Crippen molar-refractivity contribution in [2.45, 2.75) is 6.92 Å². The van der Waals surface area contributed by atoms with Crippen LogP contribution in [0.1, 0.15) is 5.56 Å². The molecule has 0 radical (unpaired) electrons. The summed E-state index contributed by atoms with van der Waals surface area (Å²) in [7, 11) is 0. The summed E-state index contributed by atoms with van der Waals surface area (Å²) in [5.74, 6) is 0. The van der Waals surface area contributed by atoms with Gasteiger partial charge in [-0.25, -0.2) is 0 Å². The second-order valence-electron chi connectivity index (χ2n) is 3.71. The van der Waals surface area contributed by atoms with Crippen LogP contribution in [0.15, 0.2) is 43.0 Å². The Bertz CT molecular complexity index is 618. The SMILES string of the molecule is C=C/C=c1\c(=C)cc(C)c2ccccc12. The molecule has 74 valence electrons. The van der Waals surface area contributed by atoms with Crippen molar-refractivity contribution in [2.75, 3.05) is 0 Å². The van der Waals surface area contributed by atoms with Gasteiger partial charge in [-0.1, -0.05) is 55.6 Å². The Morgan fingerprint density at radius 1 is 1.13 bits per heavy atom. The van der Waals surface area contributed by atoms with Crippen LogP contribution in [0.2, 0.25) is 0 Å². The van der Waals surface area contributed by atoms with E-state index in [0.29, 0.717) is 0 Å². The molecule has 0 saturated carbocycles. The summed E-state index contributed by atoms with van der Waals surface area (Å²) in [6, 6.07) is 10.5. The monoisotopic (exact) mass is 194 g/mol. The van der Waals surface area contributed by atoms with E-state index in [0.717, 1.165) is 5.22 Å². The minimum atomic E-state index is 1.06. The van der Waals surface area contributed by atoms with Crippen molar-refractivity contribution in [3.05, 3.63) is 59.0 Å². The van der Waals surface area contributed by atoms with Crippen LogP contribution >= 0.6 is 0 Å². The fourth-order valence-corrected chi connectivity index (χ4v) is 1.97. The van der Waals surface area contributed by atoms with Crippen LogP contribution < -0.4 is 10.4 Å². The first kappa shape index (κ1) is 9.72.